The summed E-state index contributed by atoms with van der Waals surface area (Å²) < 4.78 is 23.4. The van der Waals surface area contributed by atoms with Crippen LogP contribution >= 0.6 is 11.3 Å². The summed E-state index contributed by atoms with van der Waals surface area (Å²) in [6.45, 7) is 4.44. The maximum Gasteiger partial charge on any atom is 0.260 e. The van der Waals surface area contributed by atoms with Crippen LogP contribution in [0.4, 0.5) is 10.2 Å². The third-order valence-electron chi connectivity index (χ3n) is 6.28. The number of hydrogen-bond acceptors (Lipinski definition) is 7. The number of amides is 1. The van der Waals surface area contributed by atoms with Gasteiger partial charge in [-0.25, -0.2) is 9.37 Å². The van der Waals surface area contributed by atoms with Gasteiger partial charge in [-0.3, -0.25) is 14.0 Å². The van der Waals surface area contributed by atoms with Crippen molar-refractivity contribution in [2.24, 2.45) is 0 Å². The third-order valence-corrected chi connectivity index (χ3v) is 7.42. The van der Waals surface area contributed by atoms with Crippen LogP contribution in [0.5, 0.6) is 0 Å². The topological polar surface area (TPSA) is 79.2 Å². The number of pyridine rings is 2. The highest BCUT2D eigenvalue weighted by Crippen LogP contribution is 2.32. The van der Waals surface area contributed by atoms with E-state index in [1.54, 1.807) is 4.90 Å². The van der Waals surface area contributed by atoms with Gasteiger partial charge in [-0.2, -0.15) is 0 Å². The number of piperazine rings is 1. The molecule has 170 valence electrons. The van der Waals surface area contributed by atoms with Crippen molar-refractivity contribution in [1.82, 2.24) is 19.6 Å². The second-order valence-electron chi connectivity index (χ2n) is 8.22. The highest BCUT2D eigenvalue weighted by molar-refractivity contribution is 7.24. The molecule has 8 nitrogen and oxygen atoms in total. The first-order valence-electron chi connectivity index (χ1n) is 11.0. The van der Waals surface area contributed by atoms with Crippen molar-refractivity contribution < 1.29 is 13.9 Å². The maximum absolute atomic E-state index is 15.2. The Bertz CT molecular complexity index is 1450. The van der Waals surface area contributed by atoms with E-state index in [1.165, 1.54) is 17.4 Å². The molecule has 2 aliphatic rings. The number of hydrogen-bond donors (Lipinski definition) is 1. The molecule has 10 heteroatoms. The van der Waals surface area contributed by atoms with Crippen LogP contribution in [0.2, 0.25) is 0 Å². The molecule has 3 aromatic heterocycles. The van der Waals surface area contributed by atoms with E-state index in [4.69, 9.17) is 4.74 Å². The number of nitrogens with one attached hydrogen (secondary N) is 1. The zero-order valence-corrected chi connectivity index (χ0v) is 18.7. The van der Waals surface area contributed by atoms with Crippen LogP contribution in [0.1, 0.15) is 10.4 Å². The Hall–Kier alpha value is -3.08. The molecule has 0 unspecified atom stereocenters. The Kier molecular flexibility index (Phi) is 5.01. The molecule has 2 fully saturated rings. The number of anilines is 1. The minimum absolute atomic E-state index is 0.0888. The molecule has 0 aliphatic carbocycles. The zero-order chi connectivity index (χ0) is 22.5. The minimum atomic E-state index is -0.568. The van der Waals surface area contributed by atoms with E-state index in [0.29, 0.717) is 63.0 Å². The molecule has 0 radical (unpaired) electrons. The van der Waals surface area contributed by atoms with E-state index in [1.807, 2.05) is 33.6 Å². The summed E-state index contributed by atoms with van der Waals surface area (Å²) in [7, 11) is 0. The van der Waals surface area contributed by atoms with Gasteiger partial charge < -0.3 is 19.9 Å². The lowest BCUT2D eigenvalue weighted by Gasteiger charge is -2.28. The molecule has 1 amide bonds. The van der Waals surface area contributed by atoms with Crippen LogP contribution in [0.25, 0.3) is 26.1 Å². The van der Waals surface area contributed by atoms with Crippen LogP contribution in [-0.2, 0) is 4.74 Å². The van der Waals surface area contributed by atoms with Crippen molar-refractivity contribution in [2.45, 2.75) is 0 Å². The number of carbonyl (C=O) groups is 1. The summed E-state index contributed by atoms with van der Waals surface area (Å²) in [6.07, 6.45) is 0. The van der Waals surface area contributed by atoms with E-state index in [2.05, 4.69) is 10.3 Å². The largest absolute Gasteiger partial charge is 0.378 e. The molecule has 33 heavy (non-hydrogen) atoms. The summed E-state index contributed by atoms with van der Waals surface area (Å²) in [5, 5.41) is 3.34. The average Bonchev–Trinajstić information content (AvgIpc) is 3.24. The van der Waals surface area contributed by atoms with Crippen LogP contribution in [0, 0.1) is 5.82 Å². The van der Waals surface area contributed by atoms with Crippen molar-refractivity contribution in [1.29, 1.82) is 0 Å². The second-order valence-corrected chi connectivity index (χ2v) is 9.25. The lowest BCUT2D eigenvalue weighted by atomic mass is 10.1. The molecule has 5 heterocycles. The molecule has 1 N–H and O–H groups in total. The van der Waals surface area contributed by atoms with Gasteiger partial charge in [0.15, 0.2) is 17.3 Å². The Labute approximate surface area is 192 Å². The fraction of sp³-hybridized carbons (Fsp3) is 0.348. The molecule has 0 bridgehead atoms. The number of halogens is 1. The first-order valence-corrected chi connectivity index (χ1v) is 11.8. The minimum Gasteiger partial charge on any atom is -0.378 e. The maximum atomic E-state index is 15.2. The lowest BCUT2D eigenvalue weighted by Crippen LogP contribution is -2.47. The van der Waals surface area contributed by atoms with Crippen LogP contribution in [-0.4, -0.2) is 72.7 Å². The molecule has 2 saturated heterocycles. The normalized spacial score (nSPS) is 17.4. The molecule has 0 atom stereocenters. The highest BCUT2D eigenvalue weighted by Gasteiger charge is 2.28. The van der Waals surface area contributed by atoms with Gasteiger partial charge in [0.05, 0.1) is 28.8 Å². The number of ether oxygens (including phenoxy) is 1. The summed E-state index contributed by atoms with van der Waals surface area (Å²) in [4.78, 5) is 35.9. The van der Waals surface area contributed by atoms with E-state index < -0.39 is 11.2 Å². The van der Waals surface area contributed by atoms with Gasteiger partial charge in [-0.05, 0) is 18.2 Å². The van der Waals surface area contributed by atoms with Crippen molar-refractivity contribution in [3.8, 4) is 0 Å². The fourth-order valence-corrected chi connectivity index (χ4v) is 5.79. The quantitative estimate of drug-likeness (QED) is 0.486. The van der Waals surface area contributed by atoms with Crippen LogP contribution in [0.15, 0.2) is 35.1 Å². The van der Waals surface area contributed by atoms with Gasteiger partial charge in [0.2, 0.25) is 5.43 Å². The fourth-order valence-electron chi connectivity index (χ4n) is 4.61. The van der Waals surface area contributed by atoms with Gasteiger partial charge in [-0.1, -0.05) is 12.1 Å². The van der Waals surface area contributed by atoms with E-state index in [-0.39, 0.29) is 22.7 Å². The molecular weight excluding hydrogens is 445 g/mol. The van der Waals surface area contributed by atoms with E-state index in [0.717, 1.165) is 10.2 Å². The molecule has 0 spiro atoms. The zero-order valence-electron chi connectivity index (χ0n) is 17.8. The monoisotopic (exact) mass is 467 g/mol. The number of aromatic nitrogens is 2. The molecule has 6 rings (SSSR count). The number of fused-ring (bicyclic) bond motifs is 5. The summed E-state index contributed by atoms with van der Waals surface area (Å²) in [5.41, 5.74) is 0.821. The Morgan fingerprint density at radius 2 is 1.88 bits per heavy atom. The highest BCUT2D eigenvalue weighted by atomic mass is 32.1. The average molecular weight is 468 g/mol. The number of para-hydroxylation sites is 1. The smallest absolute Gasteiger partial charge is 0.260 e. The molecule has 2 aliphatic heterocycles. The summed E-state index contributed by atoms with van der Waals surface area (Å²) >= 11 is 1.39. The number of nitrogens with zero attached hydrogens (tertiary/aromatic N) is 4. The number of carbonyl (C=O) groups excluding carboxylic acids is 1. The first-order chi connectivity index (χ1) is 16.1. The number of morpholine rings is 1. The first kappa shape index (κ1) is 20.5. The van der Waals surface area contributed by atoms with Crippen LogP contribution < -0.4 is 15.6 Å². The van der Waals surface area contributed by atoms with Gasteiger partial charge in [0.1, 0.15) is 10.4 Å². The Morgan fingerprint density at radius 1 is 1.12 bits per heavy atom. The Balaban J connectivity index is 1.67. The predicted octanol–water partition coefficient (Wildman–Crippen LogP) is 2.08. The SMILES string of the molecule is O=C(c1c(=O)c2cc(F)c(N3CCOCC3)nc2n2c1sc1ccccc12)N1CCNCC1. The summed E-state index contributed by atoms with van der Waals surface area (Å²) in [5.74, 6) is -0.679. The van der Waals surface area contributed by atoms with Gasteiger partial charge >= 0.3 is 0 Å². The Morgan fingerprint density at radius 3 is 2.67 bits per heavy atom. The van der Waals surface area contributed by atoms with Gasteiger partial charge in [-0.15, -0.1) is 11.3 Å². The summed E-state index contributed by atoms with van der Waals surface area (Å²) in [6, 6.07) is 8.95. The second kappa shape index (κ2) is 8.05. The number of benzene rings is 1. The van der Waals surface area contributed by atoms with Crippen molar-refractivity contribution in [3.63, 3.8) is 0 Å². The van der Waals surface area contributed by atoms with Crippen molar-refractivity contribution in [3.05, 3.63) is 51.9 Å². The molecular formula is C23H22FN5O3S. The van der Waals surface area contributed by atoms with Crippen molar-refractivity contribution in [2.75, 3.05) is 57.4 Å². The van der Waals surface area contributed by atoms with Gasteiger partial charge in [0.25, 0.3) is 5.91 Å². The van der Waals surface area contributed by atoms with E-state index >= 15 is 4.39 Å². The third kappa shape index (κ3) is 3.28. The molecule has 0 saturated carbocycles. The molecule has 4 aromatic rings. The number of rotatable bonds is 2. The molecule has 1 aromatic carbocycles. The lowest BCUT2D eigenvalue weighted by molar-refractivity contribution is 0.0736. The predicted molar refractivity (Wildman–Crippen MR) is 126 cm³/mol. The van der Waals surface area contributed by atoms with E-state index in [9.17, 15) is 9.59 Å². The van der Waals surface area contributed by atoms with Gasteiger partial charge in [0, 0.05) is 39.3 Å². The van der Waals surface area contributed by atoms with Crippen LogP contribution in [0.3, 0.4) is 0 Å². The standard InChI is InChI=1S/C23H22FN5O3S/c24-15-13-14-19(30)18(22(31)28-7-5-25-6-8-28)23-29(16-3-1-2-4-17(16)33-23)20(14)26-21(15)27-9-11-32-12-10-27/h1-4,13,25H,5-12H2. The van der Waals surface area contributed by atoms with Crippen molar-refractivity contribution >= 4 is 49.1 Å². The number of thiazole rings is 1.